The average molecular weight is 213 g/mol. The Hall–Kier alpha value is -0.730. The van der Waals surface area contributed by atoms with Crippen molar-refractivity contribution in [3.05, 3.63) is 0 Å². The first-order valence-electron chi connectivity index (χ1n) is 6.04. The molecule has 1 saturated carbocycles. The Balaban J connectivity index is 2.20. The van der Waals surface area contributed by atoms with Crippen LogP contribution in [0.3, 0.4) is 0 Å². The summed E-state index contributed by atoms with van der Waals surface area (Å²) in [6.45, 7) is 6.78. The van der Waals surface area contributed by atoms with Gasteiger partial charge in [-0.2, -0.15) is 0 Å². The van der Waals surface area contributed by atoms with Gasteiger partial charge in [-0.25, -0.2) is 4.79 Å². The van der Waals surface area contributed by atoms with Crippen molar-refractivity contribution in [3.63, 3.8) is 0 Å². The summed E-state index contributed by atoms with van der Waals surface area (Å²) < 4.78 is 5.03. The molecule has 2 atom stereocenters. The van der Waals surface area contributed by atoms with E-state index in [9.17, 15) is 4.79 Å². The monoisotopic (exact) mass is 213 g/mol. The molecule has 0 aromatic rings. The van der Waals surface area contributed by atoms with Crippen molar-refractivity contribution in [1.82, 2.24) is 5.32 Å². The second kappa shape index (κ2) is 5.99. The van der Waals surface area contributed by atoms with E-state index in [1.165, 1.54) is 25.7 Å². The van der Waals surface area contributed by atoms with Gasteiger partial charge in [0.15, 0.2) is 0 Å². The molecule has 1 amide bonds. The molecule has 0 saturated heterocycles. The molecule has 0 aromatic heterocycles. The molecule has 0 bridgehead atoms. The highest BCUT2D eigenvalue weighted by Crippen LogP contribution is 2.28. The molecule has 1 aliphatic carbocycles. The summed E-state index contributed by atoms with van der Waals surface area (Å²) in [4.78, 5) is 11.3. The molecule has 3 nitrogen and oxygen atoms in total. The molecule has 15 heavy (non-hydrogen) atoms. The summed E-state index contributed by atoms with van der Waals surface area (Å²) in [5.74, 6) is 1.37. The number of ether oxygens (including phenoxy) is 1. The van der Waals surface area contributed by atoms with Crippen LogP contribution >= 0.6 is 0 Å². The fraction of sp³-hybridized carbons (Fsp3) is 0.917. The second-order valence-electron chi connectivity index (χ2n) is 4.86. The number of hydrogen-bond donors (Lipinski definition) is 1. The van der Waals surface area contributed by atoms with E-state index in [1.54, 1.807) is 0 Å². The number of carbonyl (C=O) groups is 1. The first-order valence-corrected chi connectivity index (χ1v) is 6.04. The largest absolute Gasteiger partial charge is 0.447 e. The van der Waals surface area contributed by atoms with Gasteiger partial charge < -0.3 is 10.1 Å². The van der Waals surface area contributed by atoms with Gasteiger partial charge in [-0.05, 0) is 32.1 Å². The van der Waals surface area contributed by atoms with Gasteiger partial charge in [0.2, 0.25) is 0 Å². The Bertz CT molecular complexity index is 204. The summed E-state index contributed by atoms with van der Waals surface area (Å²) in [5.41, 5.74) is 0. The summed E-state index contributed by atoms with van der Waals surface area (Å²) >= 11 is 0. The summed E-state index contributed by atoms with van der Waals surface area (Å²) in [5, 5.41) is 2.85. The van der Waals surface area contributed by atoms with Crippen LogP contribution in [0.1, 0.15) is 46.5 Å². The Morgan fingerprint density at radius 2 is 2.07 bits per heavy atom. The molecule has 0 spiro atoms. The van der Waals surface area contributed by atoms with Crippen LogP contribution in [0.15, 0.2) is 0 Å². The van der Waals surface area contributed by atoms with E-state index in [-0.39, 0.29) is 12.2 Å². The number of carbonyl (C=O) groups excluding carboxylic acids is 1. The van der Waals surface area contributed by atoms with Gasteiger partial charge in [0.1, 0.15) is 0 Å². The van der Waals surface area contributed by atoms with Gasteiger partial charge in [0.05, 0.1) is 6.10 Å². The first kappa shape index (κ1) is 12.3. The van der Waals surface area contributed by atoms with E-state index < -0.39 is 0 Å². The summed E-state index contributed by atoms with van der Waals surface area (Å²) in [7, 11) is 0. The van der Waals surface area contributed by atoms with Crippen molar-refractivity contribution in [3.8, 4) is 0 Å². The topological polar surface area (TPSA) is 38.3 Å². The van der Waals surface area contributed by atoms with Crippen molar-refractivity contribution >= 4 is 6.09 Å². The molecule has 0 radical (unpaired) electrons. The van der Waals surface area contributed by atoms with E-state index >= 15 is 0 Å². The van der Waals surface area contributed by atoms with Crippen LogP contribution in [0.2, 0.25) is 0 Å². The first-order chi connectivity index (χ1) is 7.09. The molecular weight excluding hydrogens is 190 g/mol. The SMILES string of the molecule is CC(C)OC(=O)NCC1CCCCC1C. The minimum Gasteiger partial charge on any atom is -0.447 e. The lowest BCUT2D eigenvalue weighted by Gasteiger charge is -2.28. The Labute approximate surface area is 92.6 Å². The fourth-order valence-corrected chi connectivity index (χ4v) is 2.17. The van der Waals surface area contributed by atoms with Crippen LogP contribution in [-0.4, -0.2) is 18.7 Å². The molecule has 0 aromatic carbocycles. The lowest BCUT2D eigenvalue weighted by Crippen LogP contribution is -2.34. The van der Waals surface area contributed by atoms with Gasteiger partial charge in [-0.15, -0.1) is 0 Å². The Morgan fingerprint density at radius 1 is 1.40 bits per heavy atom. The smallest absolute Gasteiger partial charge is 0.407 e. The molecule has 0 heterocycles. The maximum atomic E-state index is 11.3. The maximum absolute atomic E-state index is 11.3. The van der Waals surface area contributed by atoms with Crippen LogP contribution in [0.4, 0.5) is 4.79 Å². The van der Waals surface area contributed by atoms with Crippen molar-refractivity contribution in [2.75, 3.05) is 6.54 Å². The molecule has 1 fully saturated rings. The van der Waals surface area contributed by atoms with Crippen molar-refractivity contribution in [1.29, 1.82) is 0 Å². The van der Waals surface area contributed by atoms with Crippen LogP contribution in [0, 0.1) is 11.8 Å². The van der Waals surface area contributed by atoms with E-state index in [4.69, 9.17) is 4.74 Å². The zero-order valence-corrected chi connectivity index (χ0v) is 10.1. The second-order valence-corrected chi connectivity index (χ2v) is 4.86. The summed E-state index contributed by atoms with van der Waals surface area (Å²) in [6.07, 6.45) is 4.87. The predicted octanol–water partition coefficient (Wildman–Crippen LogP) is 2.95. The third-order valence-corrected chi connectivity index (χ3v) is 3.14. The number of hydrogen-bond acceptors (Lipinski definition) is 2. The van der Waals surface area contributed by atoms with Crippen molar-refractivity contribution < 1.29 is 9.53 Å². The minimum atomic E-state index is -0.275. The predicted molar refractivity (Wildman–Crippen MR) is 60.7 cm³/mol. The van der Waals surface area contributed by atoms with E-state index in [1.807, 2.05) is 13.8 Å². The zero-order valence-electron chi connectivity index (χ0n) is 10.1. The Morgan fingerprint density at radius 3 is 2.67 bits per heavy atom. The highest BCUT2D eigenvalue weighted by atomic mass is 16.6. The standard InChI is InChI=1S/C12H23NO2/c1-9(2)15-12(14)13-8-11-7-5-4-6-10(11)3/h9-11H,4-8H2,1-3H3,(H,13,14). The van der Waals surface area contributed by atoms with Crippen molar-refractivity contribution in [2.45, 2.75) is 52.6 Å². The molecule has 0 aliphatic heterocycles. The molecule has 1 N–H and O–H groups in total. The van der Waals surface area contributed by atoms with Gasteiger partial charge in [0, 0.05) is 6.54 Å². The average Bonchev–Trinajstić information content (AvgIpc) is 2.15. The molecule has 3 heteroatoms. The number of amides is 1. The quantitative estimate of drug-likeness (QED) is 0.782. The van der Waals surface area contributed by atoms with Crippen LogP contribution in [0.25, 0.3) is 0 Å². The van der Waals surface area contributed by atoms with E-state index in [0.29, 0.717) is 5.92 Å². The molecule has 1 aliphatic rings. The number of rotatable bonds is 3. The number of nitrogens with one attached hydrogen (secondary N) is 1. The lowest BCUT2D eigenvalue weighted by molar-refractivity contribution is 0.111. The van der Waals surface area contributed by atoms with Gasteiger partial charge in [0.25, 0.3) is 0 Å². The van der Waals surface area contributed by atoms with Gasteiger partial charge in [-0.1, -0.05) is 26.2 Å². The molecule has 2 unspecified atom stereocenters. The maximum Gasteiger partial charge on any atom is 0.407 e. The van der Waals surface area contributed by atoms with Crippen LogP contribution in [-0.2, 0) is 4.74 Å². The van der Waals surface area contributed by atoms with E-state index in [0.717, 1.165) is 12.5 Å². The van der Waals surface area contributed by atoms with Crippen LogP contribution in [0.5, 0.6) is 0 Å². The lowest BCUT2D eigenvalue weighted by atomic mass is 9.80. The zero-order chi connectivity index (χ0) is 11.3. The van der Waals surface area contributed by atoms with Gasteiger partial charge >= 0.3 is 6.09 Å². The highest BCUT2D eigenvalue weighted by Gasteiger charge is 2.21. The normalized spacial score (nSPS) is 26.4. The van der Waals surface area contributed by atoms with Crippen LogP contribution < -0.4 is 5.32 Å². The molecule has 88 valence electrons. The van der Waals surface area contributed by atoms with Gasteiger partial charge in [-0.3, -0.25) is 0 Å². The fourth-order valence-electron chi connectivity index (χ4n) is 2.17. The highest BCUT2D eigenvalue weighted by molar-refractivity contribution is 5.67. The number of alkyl carbamates (subject to hydrolysis) is 1. The Kier molecular flexibility index (Phi) is 4.92. The summed E-state index contributed by atoms with van der Waals surface area (Å²) in [6, 6.07) is 0. The molecular formula is C12H23NO2. The van der Waals surface area contributed by atoms with Crippen molar-refractivity contribution in [2.24, 2.45) is 11.8 Å². The third-order valence-electron chi connectivity index (χ3n) is 3.14. The third kappa shape index (κ3) is 4.54. The molecule has 1 rings (SSSR count). The van der Waals surface area contributed by atoms with E-state index in [2.05, 4.69) is 12.2 Å². The minimum absolute atomic E-state index is 0.0335.